The quantitative estimate of drug-likeness (QED) is 0.389. The van der Waals surface area contributed by atoms with E-state index in [1.54, 1.807) is 0 Å². The van der Waals surface area contributed by atoms with Gasteiger partial charge in [0.2, 0.25) is 5.91 Å². The van der Waals surface area contributed by atoms with Gasteiger partial charge in [-0.25, -0.2) is 0 Å². The fourth-order valence-electron chi connectivity index (χ4n) is 3.52. The lowest BCUT2D eigenvalue weighted by Gasteiger charge is -2.22. The number of aromatic nitrogens is 3. The molecule has 0 radical (unpaired) electrons. The molecule has 0 bridgehead atoms. The van der Waals surface area contributed by atoms with Crippen LogP contribution in [0.2, 0.25) is 0 Å². The predicted molar refractivity (Wildman–Crippen MR) is 128 cm³/mol. The van der Waals surface area contributed by atoms with Crippen molar-refractivity contribution in [3.8, 4) is 0 Å². The maximum Gasteiger partial charge on any atom is 0.234 e. The molecular weight excluding hydrogens is 416 g/mol. The van der Waals surface area contributed by atoms with Crippen LogP contribution in [0.3, 0.4) is 0 Å². The van der Waals surface area contributed by atoms with Crippen LogP contribution in [0.4, 0.5) is 0 Å². The van der Waals surface area contributed by atoms with Gasteiger partial charge < -0.3 is 9.88 Å². The van der Waals surface area contributed by atoms with Crippen LogP contribution in [0.15, 0.2) is 96.2 Å². The van der Waals surface area contributed by atoms with Crippen molar-refractivity contribution in [2.75, 3.05) is 0 Å². The van der Waals surface area contributed by atoms with Gasteiger partial charge >= 0.3 is 0 Å². The van der Waals surface area contributed by atoms with Crippen molar-refractivity contribution in [2.45, 2.75) is 36.8 Å². The standard InChI is InChI=1S/C26H26N4OS/c1-19(32-26-29-28-20(2)30(26)18-21-12-6-3-7-13-21)25(31)27-24(22-14-8-4-9-15-22)23-16-10-5-11-17-23/h3-17,19,24H,18H2,1-2H3,(H,27,31). The Kier molecular flexibility index (Phi) is 7.02. The molecule has 0 saturated heterocycles. The summed E-state index contributed by atoms with van der Waals surface area (Å²) in [5.74, 6) is 0.787. The zero-order valence-electron chi connectivity index (χ0n) is 18.2. The van der Waals surface area contributed by atoms with Gasteiger partial charge in [0.1, 0.15) is 5.82 Å². The van der Waals surface area contributed by atoms with Gasteiger partial charge in [0, 0.05) is 0 Å². The number of benzene rings is 3. The first-order valence-corrected chi connectivity index (χ1v) is 11.5. The van der Waals surface area contributed by atoms with Gasteiger partial charge in [0.15, 0.2) is 5.16 Å². The molecule has 32 heavy (non-hydrogen) atoms. The van der Waals surface area contributed by atoms with Crippen LogP contribution in [0.1, 0.15) is 35.5 Å². The largest absolute Gasteiger partial charge is 0.344 e. The number of carbonyl (C=O) groups is 1. The van der Waals surface area contributed by atoms with Crippen LogP contribution < -0.4 is 5.32 Å². The summed E-state index contributed by atoms with van der Waals surface area (Å²) in [6.45, 7) is 4.52. The Morgan fingerprint density at radius 1 is 0.875 bits per heavy atom. The third-order valence-electron chi connectivity index (χ3n) is 5.29. The Balaban J connectivity index is 1.50. The van der Waals surface area contributed by atoms with E-state index in [1.807, 2.05) is 92.7 Å². The lowest BCUT2D eigenvalue weighted by molar-refractivity contribution is -0.120. The summed E-state index contributed by atoms with van der Waals surface area (Å²) < 4.78 is 2.05. The van der Waals surface area contributed by atoms with Crippen molar-refractivity contribution < 1.29 is 4.79 Å². The molecule has 1 atom stereocenters. The number of nitrogens with zero attached hydrogens (tertiary/aromatic N) is 3. The van der Waals surface area contributed by atoms with Crippen molar-refractivity contribution in [3.05, 3.63) is 114 Å². The van der Waals surface area contributed by atoms with Gasteiger partial charge in [-0.15, -0.1) is 10.2 Å². The highest BCUT2D eigenvalue weighted by Crippen LogP contribution is 2.26. The number of rotatable bonds is 8. The zero-order valence-corrected chi connectivity index (χ0v) is 19.0. The number of amides is 1. The monoisotopic (exact) mass is 442 g/mol. The van der Waals surface area contributed by atoms with Crippen LogP contribution in [-0.2, 0) is 11.3 Å². The van der Waals surface area contributed by atoms with Crippen LogP contribution >= 0.6 is 11.8 Å². The summed E-state index contributed by atoms with van der Waals surface area (Å²) in [5, 5.41) is 12.2. The maximum atomic E-state index is 13.2. The molecule has 0 aliphatic rings. The Hall–Kier alpha value is -3.38. The Bertz CT molecular complexity index is 1110. The number of carbonyl (C=O) groups excluding carboxylic acids is 1. The summed E-state index contributed by atoms with van der Waals surface area (Å²) in [6.07, 6.45) is 0. The number of hydrogen-bond acceptors (Lipinski definition) is 4. The highest BCUT2D eigenvalue weighted by molar-refractivity contribution is 8.00. The molecule has 3 aromatic carbocycles. The van der Waals surface area contributed by atoms with Crippen LogP contribution in [0.5, 0.6) is 0 Å². The number of nitrogens with one attached hydrogen (secondary N) is 1. The van der Waals surface area contributed by atoms with Gasteiger partial charge in [-0.1, -0.05) is 103 Å². The molecule has 0 spiro atoms. The Labute approximate surface area is 192 Å². The topological polar surface area (TPSA) is 59.8 Å². The van der Waals surface area contributed by atoms with Crippen LogP contribution in [-0.4, -0.2) is 25.9 Å². The molecule has 5 nitrogen and oxygen atoms in total. The van der Waals surface area contributed by atoms with Crippen molar-refractivity contribution in [1.29, 1.82) is 0 Å². The first-order valence-electron chi connectivity index (χ1n) is 10.6. The molecule has 1 unspecified atom stereocenters. The van der Waals surface area contributed by atoms with Gasteiger partial charge in [-0.05, 0) is 30.5 Å². The first kappa shape index (κ1) is 21.8. The number of thioether (sulfide) groups is 1. The summed E-state index contributed by atoms with van der Waals surface area (Å²) >= 11 is 1.43. The first-order chi connectivity index (χ1) is 15.6. The van der Waals surface area contributed by atoms with Gasteiger partial charge in [-0.2, -0.15) is 0 Å². The van der Waals surface area contributed by atoms with Crippen molar-refractivity contribution in [3.63, 3.8) is 0 Å². The van der Waals surface area contributed by atoms with E-state index in [0.29, 0.717) is 6.54 Å². The lowest BCUT2D eigenvalue weighted by atomic mass is 9.98. The molecule has 4 aromatic rings. The van der Waals surface area contributed by atoms with E-state index >= 15 is 0 Å². The minimum Gasteiger partial charge on any atom is -0.344 e. The van der Waals surface area contributed by atoms with E-state index in [2.05, 4.69) is 32.2 Å². The van der Waals surface area contributed by atoms with Crippen molar-refractivity contribution >= 4 is 17.7 Å². The summed E-state index contributed by atoms with van der Waals surface area (Å²) in [4.78, 5) is 13.2. The van der Waals surface area contributed by atoms with E-state index in [0.717, 1.165) is 22.1 Å². The second-order valence-corrected chi connectivity index (χ2v) is 8.93. The average Bonchev–Trinajstić information content (AvgIpc) is 3.17. The van der Waals surface area contributed by atoms with Gasteiger partial charge in [0.05, 0.1) is 17.8 Å². The molecule has 0 saturated carbocycles. The molecule has 6 heteroatoms. The second-order valence-electron chi connectivity index (χ2n) is 7.62. The molecule has 1 amide bonds. The smallest absolute Gasteiger partial charge is 0.234 e. The lowest BCUT2D eigenvalue weighted by Crippen LogP contribution is -2.35. The summed E-state index contributed by atoms with van der Waals surface area (Å²) in [7, 11) is 0. The molecule has 1 aromatic heterocycles. The summed E-state index contributed by atoms with van der Waals surface area (Å²) in [6, 6.07) is 30.1. The third kappa shape index (κ3) is 5.26. The number of hydrogen-bond donors (Lipinski definition) is 1. The highest BCUT2D eigenvalue weighted by Gasteiger charge is 2.23. The summed E-state index contributed by atoms with van der Waals surface area (Å²) in [5.41, 5.74) is 3.27. The maximum absolute atomic E-state index is 13.2. The van der Waals surface area contributed by atoms with E-state index < -0.39 is 0 Å². The van der Waals surface area contributed by atoms with Crippen LogP contribution in [0, 0.1) is 6.92 Å². The Morgan fingerprint density at radius 2 is 1.41 bits per heavy atom. The predicted octanol–water partition coefficient (Wildman–Crippen LogP) is 5.02. The number of aryl methyl sites for hydroxylation is 1. The minimum atomic E-state index is -0.331. The second kappa shape index (κ2) is 10.3. The van der Waals surface area contributed by atoms with Crippen LogP contribution in [0.25, 0.3) is 0 Å². The van der Waals surface area contributed by atoms with Crippen molar-refractivity contribution in [2.24, 2.45) is 0 Å². The molecule has 0 aliphatic heterocycles. The average molecular weight is 443 g/mol. The van der Waals surface area contributed by atoms with E-state index in [4.69, 9.17) is 0 Å². The van der Waals surface area contributed by atoms with E-state index in [-0.39, 0.29) is 17.2 Å². The molecular formula is C26H26N4OS. The third-order valence-corrected chi connectivity index (χ3v) is 6.37. The fourth-order valence-corrected chi connectivity index (χ4v) is 4.42. The molecule has 4 rings (SSSR count). The van der Waals surface area contributed by atoms with E-state index in [1.165, 1.54) is 17.3 Å². The minimum absolute atomic E-state index is 0.0420. The van der Waals surface area contributed by atoms with Gasteiger partial charge in [-0.3, -0.25) is 4.79 Å². The van der Waals surface area contributed by atoms with Gasteiger partial charge in [0.25, 0.3) is 0 Å². The molecule has 162 valence electrons. The molecule has 1 N–H and O–H groups in total. The fraction of sp³-hybridized carbons (Fsp3) is 0.192. The molecule has 0 fully saturated rings. The Morgan fingerprint density at radius 3 is 1.97 bits per heavy atom. The van der Waals surface area contributed by atoms with Crippen molar-refractivity contribution in [1.82, 2.24) is 20.1 Å². The zero-order chi connectivity index (χ0) is 22.3. The van der Waals surface area contributed by atoms with E-state index in [9.17, 15) is 4.79 Å². The SMILES string of the molecule is Cc1nnc(SC(C)C(=O)NC(c2ccccc2)c2ccccc2)n1Cc1ccccc1. The molecule has 0 aliphatic carbocycles. The highest BCUT2D eigenvalue weighted by atomic mass is 32.2. The molecule has 1 heterocycles. The normalized spacial score (nSPS) is 12.0.